The number of rotatable bonds is 5. The Morgan fingerprint density at radius 1 is 0.950 bits per heavy atom. The minimum atomic E-state index is 0.350. The van der Waals surface area contributed by atoms with Crippen molar-refractivity contribution >= 4 is 11.4 Å². The van der Waals surface area contributed by atoms with Crippen LogP contribution in [0.15, 0.2) is 23.2 Å². The molecule has 0 aliphatic heterocycles. The van der Waals surface area contributed by atoms with Gasteiger partial charge < -0.3 is 9.47 Å². The maximum atomic E-state index is 5.56. The van der Waals surface area contributed by atoms with Crippen molar-refractivity contribution in [2.24, 2.45) is 4.99 Å². The summed E-state index contributed by atoms with van der Waals surface area (Å²) in [6.45, 7) is 8.15. The largest absolute Gasteiger partial charge is 0.481 e. The third-order valence-corrected chi connectivity index (χ3v) is 2.19. The third kappa shape index (κ3) is 5.98. The first-order valence-corrected chi connectivity index (χ1v) is 6.37. The van der Waals surface area contributed by atoms with Crippen molar-refractivity contribution in [1.29, 1.82) is 0 Å². The van der Waals surface area contributed by atoms with Crippen LogP contribution in [-0.4, -0.2) is 18.9 Å². The van der Waals surface area contributed by atoms with Crippen LogP contribution in [0, 0.1) is 23.7 Å². The highest BCUT2D eigenvalue weighted by Gasteiger charge is 2.02. The van der Waals surface area contributed by atoms with Crippen LogP contribution in [0.2, 0.25) is 0 Å². The average Bonchev–Trinajstić information content (AvgIpc) is 2.38. The van der Waals surface area contributed by atoms with Crippen LogP contribution in [0.3, 0.4) is 0 Å². The van der Waals surface area contributed by atoms with E-state index in [1.165, 1.54) is 0 Å². The summed E-state index contributed by atoms with van der Waals surface area (Å²) in [5.41, 5.74) is 1.77. The molecule has 1 aromatic rings. The molecule has 104 valence electrons. The van der Waals surface area contributed by atoms with E-state index in [9.17, 15) is 0 Å². The summed E-state index contributed by atoms with van der Waals surface area (Å²) >= 11 is 0. The van der Waals surface area contributed by atoms with Crippen LogP contribution in [0.25, 0.3) is 0 Å². The quantitative estimate of drug-likeness (QED) is 0.604. The van der Waals surface area contributed by atoms with Gasteiger partial charge in [0.25, 0.3) is 0 Å². The molecule has 0 fully saturated rings. The zero-order valence-corrected chi connectivity index (χ0v) is 12.4. The highest BCUT2D eigenvalue weighted by Crippen LogP contribution is 2.28. The summed E-state index contributed by atoms with van der Waals surface area (Å²) in [4.78, 5) is 4.42. The lowest BCUT2D eigenvalue weighted by molar-refractivity contribution is 0.352. The number of hydrogen-bond acceptors (Lipinski definition) is 3. The summed E-state index contributed by atoms with van der Waals surface area (Å²) in [7, 11) is 0. The topological polar surface area (TPSA) is 30.8 Å². The first-order valence-electron chi connectivity index (χ1n) is 6.37. The zero-order valence-electron chi connectivity index (χ0n) is 12.4. The molecule has 3 heteroatoms. The second kappa shape index (κ2) is 8.67. The molecule has 0 radical (unpaired) electrons. The molecule has 3 nitrogen and oxygen atoms in total. The molecule has 0 saturated heterocycles. The van der Waals surface area contributed by atoms with E-state index < -0.39 is 0 Å². The van der Waals surface area contributed by atoms with Crippen LogP contribution < -0.4 is 9.47 Å². The maximum absolute atomic E-state index is 5.56. The third-order valence-electron chi connectivity index (χ3n) is 2.19. The second-order valence-electron chi connectivity index (χ2n) is 4.15. The van der Waals surface area contributed by atoms with E-state index in [1.54, 1.807) is 13.8 Å². The first kappa shape index (κ1) is 15.7. The molecule has 0 atom stereocenters. The Bertz CT molecular complexity index is 549. The van der Waals surface area contributed by atoms with E-state index in [0.717, 1.165) is 11.4 Å². The van der Waals surface area contributed by atoms with Gasteiger partial charge in [-0.1, -0.05) is 11.8 Å². The fraction of sp³-hybridized carbons (Fsp3) is 0.353. The van der Waals surface area contributed by atoms with Crippen LogP contribution in [-0.2, 0) is 0 Å². The predicted molar refractivity (Wildman–Crippen MR) is 82.8 cm³/mol. The van der Waals surface area contributed by atoms with Crippen molar-refractivity contribution < 1.29 is 9.47 Å². The van der Waals surface area contributed by atoms with Crippen LogP contribution >= 0.6 is 0 Å². The van der Waals surface area contributed by atoms with E-state index >= 15 is 0 Å². The minimum Gasteiger partial charge on any atom is -0.481 e. The lowest BCUT2D eigenvalue weighted by atomic mass is 10.2. The Labute approximate surface area is 121 Å². The average molecular weight is 269 g/mol. The molecule has 0 heterocycles. The molecule has 0 aliphatic carbocycles. The number of nitrogens with zero attached hydrogens (tertiary/aromatic N) is 1. The first-order chi connectivity index (χ1) is 9.65. The zero-order chi connectivity index (χ0) is 14.8. The van der Waals surface area contributed by atoms with Gasteiger partial charge in [-0.15, -0.1) is 11.8 Å². The number of ether oxygens (including phenoxy) is 2. The molecule has 0 aliphatic rings. The van der Waals surface area contributed by atoms with Gasteiger partial charge in [-0.05, 0) is 27.7 Å². The molecular weight excluding hydrogens is 250 g/mol. The smallest absolute Gasteiger partial charge is 0.149 e. The molecule has 20 heavy (non-hydrogen) atoms. The summed E-state index contributed by atoms with van der Waals surface area (Å²) < 4.78 is 11.1. The molecule has 0 unspecified atom stereocenters. The standard InChI is InChI=1S/C17H19NO2/c1-5-7-9-19-16-11-15(18-14(3)4)12-17(13-16)20-10-8-6-2/h11-13H,9-10H2,1-4H3. The maximum Gasteiger partial charge on any atom is 0.149 e. The van der Waals surface area contributed by atoms with Crippen molar-refractivity contribution in [3.8, 4) is 35.2 Å². The Kier molecular flexibility index (Phi) is 6.79. The van der Waals surface area contributed by atoms with Crippen LogP contribution in [0.5, 0.6) is 11.5 Å². The fourth-order valence-electron chi connectivity index (χ4n) is 1.43. The molecule has 0 amide bonds. The number of hydrogen-bond donors (Lipinski definition) is 0. The molecule has 0 spiro atoms. The van der Waals surface area contributed by atoms with Gasteiger partial charge in [0.05, 0.1) is 5.69 Å². The highest BCUT2D eigenvalue weighted by atomic mass is 16.5. The van der Waals surface area contributed by atoms with E-state index in [1.807, 2.05) is 32.0 Å². The lowest BCUT2D eigenvalue weighted by Gasteiger charge is -2.08. The lowest BCUT2D eigenvalue weighted by Crippen LogP contribution is -1.97. The molecule has 0 bridgehead atoms. The molecule has 0 N–H and O–H groups in total. The molecule has 0 saturated carbocycles. The van der Waals surface area contributed by atoms with E-state index in [2.05, 4.69) is 28.7 Å². The summed E-state index contributed by atoms with van der Waals surface area (Å²) in [5.74, 6) is 12.7. The predicted octanol–water partition coefficient (Wildman–Crippen LogP) is 3.60. The molecule has 0 aromatic heterocycles. The van der Waals surface area contributed by atoms with Crippen molar-refractivity contribution in [1.82, 2.24) is 0 Å². The molecule has 1 aromatic carbocycles. The van der Waals surface area contributed by atoms with Gasteiger partial charge in [-0.3, -0.25) is 4.99 Å². The Balaban J connectivity index is 2.95. The van der Waals surface area contributed by atoms with Crippen molar-refractivity contribution in [3.05, 3.63) is 18.2 Å². The second-order valence-corrected chi connectivity index (χ2v) is 4.15. The van der Waals surface area contributed by atoms with Crippen LogP contribution in [0.1, 0.15) is 27.7 Å². The Hall–Kier alpha value is -2.39. The summed E-state index contributed by atoms with van der Waals surface area (Å²) in [6.07, 6.45) is 0. The van der Waals surface area contributed by atoms with Gasteiger partial charge in [0, 0.05) is 23.9 Å². The summed E-state index contributed by atoms with van der Waals surface area (Å²) in [5, 5.41) is 0. The normalized spacial score (nSPS) is 8.60. The van der Waals surface area contributed by atoms with E-state index in [0.29, 0.717) is 24.7 Å². The van der Waals surface area contributed by atoms with Crippen molar-refractivity contribution in [2.75, 3.05) is 13.2 Å². The van der Waals surface area contributed by atoms with Gasteiger partial charge in [0.2, 0.25) is 0 Å². The van der Waals surface area contributed by atoms with Gasteiger partial charge in [0.1, 0.15) is 24.7 Å². The Morgan fingerprint density at radius 3 is 1.85 bits per heavy atom. The Morgan fingerprint density at radius 2 is 1.45 bits per heavy atom. The van der Waals surface area contributed by atoms with Crippen molar-refractivity contribution in [3.63, 3.8) is 0 Å². The monoisotopic (exact) mass is 269 g/mol. The minimum absolute atomic E-state index is 0.350. The summed E-state index contributed by atoms with van der Waals surface area (Å²) in [6, 6.07) is 5.55. The van der Waals surface area contributed by atoms with Gasteiger partial charge in [-0.25, -0.2) is 0 Å². The fourth-order valence-corrected chi connectivity index (χ4v) is 1.43. The van der Waals surface area contributed by atoms with Gasteiger partial charge in [-0.2, -0.15) is 0 Å². The van der Waals surface area contributed by atoms with Gasteiger partial charge >= 0.3 is 0 Å². The van der Waals surface area contributed by atoms with Crippen molar-refractivity contribution in [2.45, 2.75) is 27.7 Å². The SMILES string of the molecule is CC#CCOc1cc(N=C(C)C)cc(OCC#CC)c1. The highest BCUT2D eigenvalue weighted by molar-refractivity contribution is 5.82. The number of aliphatic imine (C=N–C) groups is 1. The van der Waals surface area contributed by atoms with Gasteiger partial charge in [0.15, 0.2) is 0 Å². The molecular formula is C17H19NO2. The number of benzene rings is 1. The van der Waals surface area contributed by atoms with E-state index in [4.69, 9.17) is 9.47 Å². The van der Waals surface area contributed by atoms with E-state index in [-0.39, 0.29) is 0 Å². The molecule has 1 rings (SSSR count). The van der Waals surface area contributed by atoms with Crippen LogP contribution in [0.4, 0.5) is 5.69 Å².